The molecule has 0 N–H and O–H groups in total. The van der Waals surface area contributed by atoms with Crippen molar-refractivity contribution in [3.63, 3.8) is 0 Å². The van der Waals surface area contributed by atoms with Crippen LogP contribution in [-0.2, 0) is 0 Å². The molecule has 32 heavy (non-hydrogen) atoms. The zero-order valence-electron chi connectivity index (χ0n) is 17.0. The molecule has 4 nitrogen and oxygen atoms in total. The van der Waals surface area contributed by atoms with E-state index in [1.54, 1.807) is 12.4 Å². The zero-order valence-corrected chi connectivity index (χ0v) is 17.0. The topological polar surface area (TPSA) is 34.6 Å². The molecule has 8 aromatic rings. The average Bonchev–Trinajstić information content (AvgIpc) is 3.36. The van der Waals surface area contributed by atoms with Crippen LogP contribution in [0.1, 0.15) is 0 Å². The van der Waals surface area contributed by atoms with Crippen molar-refractivity contribution in [2.24, 2.45) is 0 Å². The lowest BCUT2D eigenvalue weighted by atomic mass is 10.1. The van der Waals surface area contributed by atoms with E-state index in [2.05, 4.69) is 93.7 Å². The highest BCUT2D eigenvalue weighted by Crippen LogP contribution is 2.39. The Kier molecular flexibility index (Phi) is 2.86. The van der Waals surface area contributed by atoms with E-state index < -0.39 is 0 Å². The predicted octanol–water partition coefficient (Wildman–Crippen LogP) is 6.75. The van der Waals surface area contributed by atoms with Crippen molar-refractivity contribution in [3.8, 4) is 0 Å². The van der Waals surface area contributed by atoms with Gasteiger partial charge in [0.25, 0.3) is 0 Å². The summed E-state index contributed by atoms with van der Waals surface area (Å²) in [5.74, 6) is 0. The smallest absolute Gasteiger partial charge is 0.164 e. The average molecular weight is 408 g/mol. The van der Waals surface area contributed by atoms with Gasteiger partial charge in [-0.2, -0.15) is 0 Å². The van der Waals surface area contributed by atoms with Gasteiger partial charge in [0.15, 0.2) is 5.65 Å². The number of fused-ring (bicyclic) bond motifs is 10. The molecular formula is C28H16N4. The Balaban J connectivity index is 1.93. The van der Waals surface area contributed by atoms with Gasteiger partial charge in [0.05, 0.1) is 27.6 Å². The zero-order chi connectivity index (χ0) is 20.8. The molecule has 0 aliphatic rings. The molecule has 0 radical (unpaired) electrons. The van der Waals surface area contributed by atoms with Crippen molar-refractivity contribution in [2.75, 3.05) is 0 Å². The molecule has 0 bridgehead atoms. The van der Waals surface area contributed by atoms with Crippen LogP contribution in [0, 0.1) is 0 Å². The van der Waals surface area contributed by atoms with Gasteiger partial charge in [-0.05, 0) is 18.2 Å². The van der Waals surface area contributed by atoms with Crippen LogP contribution in [-0.4, -0.2) is 18.8 Å². The van der Waals surface area contributed by atoms with E-state index in [1.165, 1.54) is 32.6 Å². The van der Waals surface area contributed by atoms with Gasteiger partial charge in [-0.25, -0.2) is 4.98 Å². The number of benzene rings is 4. The molecule has 0 saturated carbocycles. The minimum Gasteiger partial charge on any atom is -0.306 e. The maximum atomic E-state index is 4.78. The summed E-state index contributed by atoms with van der Waals surface area (Å²) >= 11 is 0. The number of hydrogen-bond donors (Lipinski definition) is 0. The van der Waals surface area contributed by atoms with E-state index in [0.717, 1.165) is 33.1 Å². The largest absolute Gasteiger partial charge is 0.306 e. The summed E-state index contributed by atoms with van der Waals surface area (Å²) in [6, 6.07) is 30.5. The summed E-state index contributed by atoms with van der Waals surface area (Å²) in [4.78, 5) is 9.52. The minimum atomic E-state index is 0.884. The summed E-state index contributed by atoms with van der Waals surface area (Å²) in [5.41, 5.74) is 7.68. The highest BCUT2D eigenvalue weighted by Gasteiger charge is 2.19. The SMILES string of the molecule is c1ccc2c(c1)c1cccc3c4ccccc4n4c5nccnc5c5cccc(c54)n2c13. The van der Waals surface area contributed by atoms with Crippen LogP contribution in [0.25, 0.3) is 65.7 Å². The van der Waals surface area contributed by atoms with Gasteiger partial charge in [-0.1, -0.05) is 66.7 Å². The van der Waals surface area contributed by atoms with Crippen molar-refractivity contribution in [3.05, 3.63) is 97.3 Å². The summed E-state index contributed by atoms with van der Waals surface area (Å²) < 4.78 is 4.71. The first kappa shape index (κ1) is 16.3. The van der Waals surface area contributed by atoms with Crippen molar-refractivity contribution in [2.45, 2.75) is 0 Å². The predicted molar refractivity (Wildman–Crippen MR) is 131 cm³/mol. The third-order valence-corrected chi connectivity index (χ3v) is 6.75. The van der Waals surface area contributed by atoms with Gasteiger partial charge in [0.2, 0.25) is 0 Å². The Labute approximate surface area is 182 Å². The second-order valence-corrected chi connectivity index (χ2v) is 8.31. The second kappa shape index (κ2) is 5.62. The monoisotopic (exact) mass is 408 g/mol. The summed E-state index contributed by atoms with van der Waals surface area (Å²) in [6.07, 6.45) is 3.56. The summed E-state index contributed by atoms with van der Waals surface area (Å²) in [5, 5.41) is 6.07. The van der Waals surface area contributed by atoms with Crippen LogP contribution >= 0.6 is 0 Å². The van der Waals surface area contributed by atoms with E-state index in [1.807, 2.05) is 0 Å². The molecule has 0 spiro atoms. The van der Waals surface area contributed by atoms with Gasteiger partial charge in [0.1, 0.15) is 5.52 Å². The number of nitrogens with zero attached hydrogens (tertiary/aromatic N) is 4. The molecular weight excluding hydrogens is 392 g/mol. The Morgan fingerprint density at radius 3 is 1.78 bits per heavy atom. The lowest BCUT2D eigenvalue weighted by molar-refractivity contribution is 1.21. The van der Waals surface area contributed by atoms with E-state index >= 15 is 0 Å². The number of hydrogen-bond acceptors (Lipinski definition) is 2. The fourth-order valence-electron chi connectivity index (χ4n) is 5.55. The molecule has 0 aliphatic heterocycles. The molecule has 4 heteroatoms. The standard InChI is InChI=1S/C28H16N4/c1-3-12-22-17(7-1)19-9-5-10-20-18-8-2-4-13-23(18)32-27-21(25-28(32)30-16-15-29-25)11-6-14-24(27)31(22)26(19)20/h1-16H. The van der Waals surface area contributed by atoms with Crippen molar-refractivity contribution < 1.29 is 0 Å². The molecule has 4 aromatic heterocycles. The fourth-order valence-corrected chi connectivity index (χ4v) is 5.55. The highest BCUT2D eigenvalue weighted by molar-refractivity contribution is 6.22. The van der Waals surface area contributed by atoms with Gasteiger partial charge in [-0.15, -0.1) is 0 Å². The molecule has 0 atom stereocenters. The van der Waals surface area contributed by atoms with Crippen LogP contribution in [0.5, 0.6) is 0 Å². The summed E-state index contributed by atoms with van der Waals surface area (Å²) in [7, 11) is 0. The van der Waals surface area contributed by atoms with Crippen molar-refractivity contribution in [1.29, 1.82) is 0 Å². The van der Waals surface area contributed by atoms with Gasteiger partial charge >= 0.3 is 0 Å². The molecule has 0 saturated heterocycles. The van der Waals surface area contributed by atoms with Gasteiger partial charge in [0, 0.05) is 39.3 Å². The molecule has 148 valence electrons. The molecule has 8 rings (SSSR count). The number of rotatable bonds is 0. The Bertz CT molecular complexity index is 2040. The molecule has 0 fully saturated rings. The molecule has 0 aliphatic carbocycles. The van der Waals surface area contributed by atoms with Crippen molar-refractivity contribution >= 4 is 65.7 Å². The molecule has 0 amide bonds. The van der Waals surface area contributed by atoms with Crippen LogP contribution in [0.2, 0.25) is 0 Å². The Morgan fingerprint density at radius 1 is 0.438 bits per heavy atom. The second-order valence-electron chi connectivity index (χ2n) is 8.31. The molecule has 4 aromatic carbocycles. The van der Waals surface area contributed by atoms with Crippen molar-refractivity contribution in [1.82, 2.24) is 18.8 Å². The lowest BCUT2D eigenvalue weighted by Gasteiger charge is -2.10. The third kappa shape index (κ3) is 1.80. The first-order valence-corrected chi connectivity index (χ1v) is 10.8. The maximum Gasteiger partial charge on any atom is 0.164 e. The van der Waals surface area contributed by atoms with Gasteiger partial charge < -0.3 is 4.40 Å². The lowest BCUT2D eigenvalue weighted by Crippen LogP contribution is -1.94. The van der Waals surface area contributed by atoms with Crippen LogP contribution < -0.4 is 0 Å². The van der Waals surface area contributed by atoms with Crippen LogP contribution in [0.4, 0.5) is 0 Å². The Hall–Kier alpha value is -4.44. The van der Waals surface area contributed by atoms with E-state index in [4.69, 9.17) is 9.97 Å². The van der Waals surface area contributed by atoms with E-state index in [-0.39, 0.29) is 0 Å². The summed E-state index contributed by atoms with van der Waals surface area (Å²) in [6.45, 7) is 0. The molecule has 4 heterocycles. The van der Waals surface area contributed by atoms with Gasteiger partial charge in [-0.3, -0.25) is 9.38 Å². The minimum absolute atomic E-state index is 0.884. The van der Waals surface area contributed by atoms with Crippen LogP contribution in [0.3, 0.4) is 0 Å². The number of aromatic nitrogens is 4. The Morgan fingerprint density at radius 2 is 1.00 bits per heavy atom. The molecule has 0 unspecified atom stereocenters. The highest BCUT2D eigenvalue weighted by atomic mass is 15.0. The number of para-hydroxylation sites is 4. The quantitative estimate of drug-likeness (QED) is 0.278. The van der Waals surface area contributed by atoms with Crippen LogP contribution in [0.15, 0.2) is 97.3 Å². The fraction of sp³-hybridized carbons (Fsp3) is 0. The third-order valence-electron chi connectivity index (χ3n) is 6.75. The van der Waals surface area contributed by atoms with E-state index in [9.17, 15) is 0 Å². The normalized spacial score (nSPS) is 12.4. The maximum absolute atomic E-state index is 4.78. The van der Waals surface area contributed by atoms with E-state index in [0.29, 0.717) is 0 Å². The first-order valence-electron chi connectivity index (χ1n) is 10.8. The first-order chi connectivity index (χ1) is 15.9.